The number of hydrogen-bond acceptors (Lipinski definition) is 2. The number of para-hydroxylation sites is 1. The molecule has 4 nitrogen and oxygen atoms in total. The van der Waals surface area contributed by atoms with Gasteiger partial charge in [0.15, 0.2) is 0 Å². The summed E-state index contributed by atoms with van der Waals surface area (Å²) < 4.78 is 1.48. The van der Waals surface area contributed by atoms with E-state index in [-0.39, 0.29) is 16.7 Å². The van der Waals surface area contributed by atoms with Gasteiger partial charge in [0.1, 0.15) is 0 Å². The Kier molecular flexibility index (Phi) is 2.71. The summed E-state index contributed by atoms with van der Waals surface area (Å²) in [5.74, 6) is 2.49. The Labute approximate surface area is 134 Å². The summed E-state index contributed by atoms with van der Waals surface area (Å²) in [6.07, 6.45) is 7.75. The summed E-state index contributed by atoms with van der Waals surface area (Å²) in [6, 6.07) is 7.31. The zero-order valence-corrected chi connectivity index (χ0v) is 13.3. The predicted molar refractivity (Wildman–Crippen MR) is 89.4 cm³/mol. The highest BCUT2D eigenvalue weighted by Crippen LogP contribution is 2.60. The topological polar surface area (TPSA) is 54.9 Å². The lowest BCUT2D eigenvalue weighted by molar-refractivity contribution is -0.0628. The van der Waals surface area contributed by atoms with Crippen LogP contribution in [-0.2, 0) is 6.54 Å². The highest BCUT2D eigenvalue weighted by molar-refractivity contribution is 5.76. The SMILES string of the molecule is O=c1[nH]c2ccccc2c(=O)n1CC12CC3CC(CC(C3)C1)C2. The molecule has 1 N–H and O–H groups in total. The maximum Gasteiger partial charge on any atom is 0.328 e. The predicted octanol–water partition coefficient (Wildman–Crippen LogP) is 2.91. The third kappa shape index (κ3) is 2.03. The summed E-state index contributed by atoms with van der Waals surface area (Å²) in [5.41, 5.74) is 0.461. The second-order valence-corrected chi connectivity index (χ2v) is 8.28. The van der Waals surface area contributed by atoms with Crippen molar-refractivity contribution in [2.24, 2.45) is 23.2 Å². The summed E-state index contributed by atoms with van der Waals surface area (Å²) in [6.45, 7) is 0.607. The van der Waals surface area contributed by atoms with E-state index in [1.165, 1.54) is 43.1 Å². The zero-order valence-electron chi connectivity index (χ0n) is 13.3. The van der Waals surface area contributed by atoms with Gasteiger partial charge in [-0.1, -0.05) is 12.1 Å². The molecule has 4 heteroatoms. The van der Waals surface area contributed by atoms with E-state index in [2.05, 4.69) is 4.98 Å². The maximum absolute atomic E-state index is 12.8. The van der Waals surface area contributed by atoms with Gasteiger partial charge in [-0.05, 0) is 73.8 Å². The Balaban J connectivity index is 1.59. The number of benzene rings is 1. The average molecular weight is 310 g/mol. The van der Waals surface area contributed by atoms with Gasteiger partial charge in [-0.3, -0.25) is 9.36 Å². The van der Waals surface area contributed by atoms with Gasteiger partial charge < -0.3 is 4.98 Å². The van der Waals surface area contributed by atoms with Crippen molar-refractivity contribution in [3.05, 3.63) is 45.1 Å². The number of rotatable bonds is 2. The molecule has 4 aliphatic carbocycles. The highest BCUT2D eigenvalue weighted by Gasteiger charge is 2.51. The number of aromatic amines is 1. The van der Waals surface area contributed by atoms with Gasteiger partial charge in [0.25, 0.3) is 5.56 Å². The van der Waals surface area contributed by atoms with E-state index in [0.717, 1.165) is 17.8 Å². The van der Waals surface area contributed by atoms with Crippen molar-refractivity contribution in [1.82, 2.24) is 9.55 Å². The van der Waals surface area contributed by atoms with Gasteiger partial charge in [0, 0.05) is 6.54 Å². The minimum atomic E-state index is -0.246. The fraction of sp³-hybridized carbons (Fsp3) is 0.579. The third-order valence-corrected chi connectivity index (χ3v) is 6.55. The molecule has 4 saturated carbocycles. The summed E-state index contributed by atoms with van der Waals surface area (Å²) in [5, 5.41) is 0.622. The molecule has 4 bridgehead atoms. The number of nitrogens with zero attached hydrogens (tertiary/aromatic N) is 1. The lowest BCUT2D eigenvalue weighted by Crippen LogP contribution is -2.50. The van der Waals surface area contributed by atoms with Crippen LogP contribution in [0.2, 0.25) is 0 Å². The lowest BCUT2D eigenvalue weighted by atomic mass is 9.49. The van der Waals surface area contributed by atoms with Crippen molar-refractivity contribution in [1.29, 1.82) is 0 Å². The molecule has 1 aromatic heterocycles. The summed E-state index contributed by atoms with van der Waals surface area (Å²) in [4.78, 5) is 28.2. The fourth-order valence-corrected chi connectivity index (χ4v) is 6.16. The van der Waals surface area contributed by atoms with Crippen LogP contribution in [0.4, 0.5) is 0 Å². The molecule has 0 spiro atoms. The van der Waals surface area contributed by atoms with Crippen LogP contribution in [0.25, 0.3) is 10.9 Å². The van der Waals surface area contributed by atoms with Crippen molar-refractivity contribution in [2.75, 3.05) is 0 Å². The normalized spacial score (nSPS) is 35.0. The van der Waals surface area contributed by atoms with Crippen LogP contribution in [0.1, 0.15) is 38.5 Å². The lowest BCUT2D eigenvalue weighted by Gasteiger charge is -2.56. The van der Waals surface area contributed by atoms with Gasteiger partial charge in [-0.25, -0.2) is 4.79 Å². The molecule has 4 fully saturated rings. The van der Waals surface area contributed by atoms with E-state index < -0.39 is 0 Å². The van der Waals surface area contributed by atoms with E-state index >= 15 is 0 Å². The van der Waals surface area contributed by atoms with Crippen LogP contribution in [-0.4, -0.2) is 9.55 Å². The van der Waals surface area contributed by atoms with E-state index in [9.17, 15) is 9.59 Å². The van der Waals surface area contributed by atoms with Gasteiger partial charge >= 0.3 is 5.69 Å². The first-order valence-electron chi connectivity index (χ1n) is 8.84. The minimum Gasteiger partial charge on any atom is -0.307 e. The van der Waals surface area contributed by atoms with E-state index in [0.29, 0.717) is 17.4 Å². The Hall–Kier alpha value is -1.84. The van der Waals surface area contributed by atoms with Crippen LogP contribution in [0.3, 0.4) is 0 Å². The Bertz CT molecular complexity index is 857. The first-order valence-corrected chi connectivity index (χ1v) is 8.84. The van der Waals surface area contributed by atoms with Crippen molar-refractivity contribution >= 4 is 10.9 Å². The van der Waals surface area contributed by atoms with E-state index in [1.807, 2.05) is 18.2 Å². The standard InChI is InChI=1S/C19H22N2O2/c22-17-15-3-1-2-4-16(15)20-18(23)21(17)11-19-8-12-5-13(9-19)7-14(6-12)10-19/h1-4,12-14H,5-11H2,(H,20,23). The van der Waals surface area contributed by atoms with Gasteiger partial charge in [0.05, 0.1) is 10.9 Å². The van der Waals surface area contributed by atoms with Gasteiger partial charge in [0.2, 0.25) is 0 Å². The van der Waals surface area contributed by atoms with Crippen LogP contribution < -0.4 is 11.2 Å². The molecule has 23 heavy (non-hydrogen) atoms. The van der Waals surface area contributed by atoms with Crippen LogP contribution in [0.15, 0.2) is 33.9 Å². The van der Waals surface area contributed by atoms with E-state index in [4.69, 9.17) is 0 Å². The zero-order chi connectivity index (χ0) is 15.6. The second-order valence-electron chi connectivity index (χ2n) is 8.28. The fourth-order valence-electron chi connectivity index (χ4n) is 6.16. The number of hydrogen-bond donors (Lipinski definition) is 1. The van der Waals surface area contributed by atoms with Crippen molar-refractivity contribution < 1.29 is 0 Å². The van der Waals surface area contributed by atoms with Gasteiger partial charge in [-0.2, -0.15) is 0 Å². The largest absolute Gasteiger partial charge is 0.328 e. The monoisotopic (exact) mass is 310 g/mol. The molecular weight excluding hydrogens is 288 g/mol. The molecule has 4 aliphatic rings. The van der Waals surface area contributed by atoms with Crippen LogP contribution in [0, 0.1) is 23.2 Å². The van der Waals surface area contributed by atoms with E-state index in [1.54, 1.807) is 6.07 Å². The minimum absolute atomic E-state index is 0.125. The molecule has 6 rings (SSSR count). The number of H-pyrrole nitrogens is 1. The molecule has 120 valence electrons. The number of fused-ring (bicyclic) bond motifs is 1. The van der Waals surface area contributed by atoms with Crippen LogP contribution in [0.5, 0.6) is 0 Å². The summed E-state index contributed by atoms with van der Waals surface area (Å²) in [7, 11) is 0. The Morgan fingerprint density at radius 1 is 1.00 bits per heavy atom. The summed E-state index contributed by atoms with van der Waals surface area (Å²) >= 11 is 0. The van der Waals surface area contributed by atoms with Crippen molar-refractivity contribution in [2.45, 2.75) is 45.1 Å². The highest BCUT2D eigenvalue weighted by atomic mass is 16.2. The molecule has 0 radical (unpaired) electrons. The molecule has 0 unspecified atom stereocenters. The molecule has 1 heterocycles. The molecular formula is C19H22N2O2. The first kappa shape index (κ1) is 13.6. The number of nitrogens with one attached hydrogen (secondary N) is 1. The van der Waals surface area contributed by atoms with Crippen molar-refractivity contribution in [3.8, 4) is 0 Å². The molecule has 0 saturated heterocycles. The molecule has 1 aromatic carbocycles. The quantitative estimate of drug-likeness (QED) is 0.927. The first-order chi connectivity index (χ1) is 11.1. The van der Waals surface area contributed by atoms with Gasteiger partial charge in [-0.15, -0.1) is 0 Å². The Morgan fingerprint density at radius 2 is 1.61 bits per heavy atom. The third-order valence-electron chi connectivity index (χ3n) is 6.55. The average Bonchev–Trinajstić information content (AvgIpc) is 2.50. The van der Waals surface area contributed by atoms with Crippen LogP contribution >= 0.6 is 0 Å². The molecule has 0 amide bonds. The molecule has 2 aromatic rings. The molecule has 0 aliphatic heterocycles. The number of aromatic nitrogens is 2. The second kappa shape index (κ2) is 4.59. The Morgan fingerprint density at radius 3 is 2.26 bits per heavy atom. The maximum atomic E-state index is 12.8. The molecule has 0 atom stereocenters. The smallest absolute Gasteiger partial charge is 0.307 e. The van der Waals surface area contributed by atoms with Crippen molar-refractivity contribution in [3.63, 3.8) is 0 Å².